The maximum absolute atomic E-state index is 7.22. The Balaban J connectivity index is 0.00000225. The Morgan fingerprint density at radius 3 is 2.31 bits per heavy atom. The van der Waals surface area contributed by atoms with Crippen LogP contribution in [0.25, 0.3) is 0 Å². The summed E-state index contributed by atoms with van der Waals surface area (Å²) in [6.07, 6.45) is 1.94. The third kappa shape index (κ3) is 5.00. The molecule has 0 amide bonds. The third-order valence-corrected chi connectivity index (χ3v) is 2.03. The fraction of sp³-hybridized carbons (Fsp3) is 0.364. The van der Waals surface area contributed by atoms with Gasteiger partial charge in [0.15, 0.2) is 0 Å². The number of nitrogens with one attached hydrogen (secondary N) is 1. The highest BCUT2D eigenvalue weighted by Crippen LogP contribution is 2.12. The molecule has 0 radical (unpaired) electrons. The molecule has 90 valence electrons. The predicted octanol–water partition coefficient (Wildman–Crippen LogP) is 1.51. The van der Waals surface area contributed by atoms with Crippen LogP contribution in [0.15, 0.2) is 24.3 Å². The van der Waals surface area contributed by atoms with Crippen LogP contribution in [0.5, 0.6) is 5.75 Å². The van der Waals surface area contributed by atoms with Crippen molar-refractivity contribution in [1.82, 2.24) is 0 Å². The van der Waals surface area contributed by atoms with E-state index in [4.69, 9.17) is 21.6 Å². The van der Waals surface area contributed by atoms with Crippen LogP contribution in [0.4, 0.5) is 0 Å². The second-order valence-electron chi connectivity index (χ2n) is 3.28. The molecular formula is C11H18ClN3O. The number of hydrogen-bond donors (Lipinski definition) is 3. The van der Waals surface area contributed by atoms with Crippen LogP contribution >= 0.6 is 12.4 Å². The van der Waals surface area contributed by atoms with Gasteiger partial charge in [-0.2, -0.15) is 0 Å². The first-order chi connectivity index (χ1) is 7.24. The van der Waals surface area contributed by atoms with Gasteiger partial charge in [0.05, 0.1) is 6.61 Å². The molecule has 4 nitrogen and oxygen atoms in total. The lowest BCUT2D eigenvalue weighted by Gasteiger charge is -2.06. The molecule has 1 aromatic carbocycles. The summed E-state index contributed by atoms with van der Waals surface area (Å²) in [7, 11) is 0. The number of amidine groups is 1. The molecule has 0 unspecified atom stereocenters. The lowest BCUT2D eigenvalue weighted by atomic mass is 10.2. The average Bonchev–Trinajstić information content (AvgIpc) is 2.25. The van der Waals surface area contributed by atoms with Gasteiger partial charge in [0, 0.05) is 5.56 Å². The first-order valence-electron chi connectivity index (χ1n) is 5.01. The molecular weight excluding hydrogens is 226 g/mol. The minimum atomic E-state index is 0. The number of nitrogens with two attached hydrogens (primary N) is 2. The average molecular weight is 244 g/mol. The molecule has 0 fully saturated rings. The van der Waals surface area contributed by atoms with Gasteiger partial charge in [0.2, 0.25) is 0 Å². The van der Waals surface area contributed by atoms with E-state index in [-0.39, 0.29) is 18.2 Å². The van der Waals surface area contributed by atoms with Crippen molar-refractivity contribution in [3.05, 3.63) is 29.8 Å². The van der Waals surface area contributed by atoms with E-state index in [1.807, 2.05) is 12.1 Å². The Morgan fingerprint density at radius 2 is 1.81 bits per heavy atom. The highest BCUT2D eigenvalue weighted by molar-refractivity contribution is 5.94. The van der Waals surface area contributed by atoms with E-state index in [1.54, 1.807) is 12.1 Å². The largest absolute Gasteiger partial charge is 0.494 e. The molecule has 0 saturated heterocycles. The van der Waals surface area contributed by atoms with Crippen LogP contribution in [0, 0.1) is 5.41 Å². The lowest BCUT2D eigenvalue weighted by Crippen LogP contribution is -2.10. The van der Waals surface area contributed by atoms with Gasteiger partial charge in [-0.05, 0) is 43.7 Å². The molecule has 0 aliphatic heterocycles. The summed E-state index contributed by atoms with van der Waals surface area (Å²) in [6, 6.07) is 7.19. The molecule has 0 saturated carbocycles. The predicted molar refractivity (Wildman–Crippen MR) is 68.5 cm³/mol. The zero-order valence-electron chi connectivity index (χ0n) is 9.11. The maximum atomic E-state index is 7.22. The quantitative estimate of drug-likeness (QED) is 0.402. The normalized spacial score (nSPS) is 9.31. The summed E-state index contributed by atoms with van der Waals surface area (Å²) >= 11 is 0. The number of rotatable bonds is 6. The van der Waals surface area contributed by atoms with E-state index >= 15 is 0 Å². The highest BCUT2D eigenvalue weighted by Gasteiger charge is 1.97. The van der Waals surface area contributed by atoms with Crippen LogP contribution < -0.4 is 16.2 Å². The minimum Gasteiger partial charge on any atom is -0.494 e. The molecule has 0 atom stereocenters. The zero-order valence-corrected chi connectivity index (χ0v) is 9.93. The second-order valence-corrected chi connectivity index (χ2v) is 3.28. The number of halogens is 1. The van der Waals surface area contributed by atoms with E-state index in [2.05, 4.69) is 0 Å². The molecule has 5 heteroatoms. The Labute approximate surface area is 102 Å². The van der Waals surface area contributed by atoms with Gasteiger partial charge in [0.1, 0.15) is 11.6 Å². The van der Waals surface area contributed by atoms with E-state index < -0.39 is 0 Å². The smallest absolute Gasteiger partial charge is 0.122 e. The van der Waals surface area contributed by atoms with Gasteiger partial charge in [-0.3, -0.25) is 5.41 Å². The van der Waals surface area contributed by atoms with Crippen LogP contribution in [0.1, 0.15) is 18.4 Å². The Morgan fingerprint density at radius 1 is 1.19 bits per heavy atom. The molecule has 16 heavy (non-hydrogen) atoms. The number of hydrogen-bond acceptors (Lipinski definition) is 3. The van der Waals surface area contributed by atoms with Crippen LogP contribution in [0.3, 0.4) is 0 Å². The van der Waals surface area contributed by atoms with Crippen LogP contribution in [-0.2, 0) is 0 Å². The third-order valence-electron chi connectivity index (χ3n) is 2.03. The Bertz CT molecular complexity index is 314. The molecule has 1 rings (SSSR count). The van der Waals surface area contributed by atoms with Crippen LogP contribution in [0.2, 0.25) is 0 Å². The maximum Gasteiger partial charge on any atom is 0.122 e. The summed E-state index contributed by atoms with van der Waals surface area (Å²) in [5.74, 6) is 0.877. The molecule has 0 bridgehead atoms. The van der Waals surface area contributed by atoms with E-state index in [0.29, 0.717) is 18.7 Å². The highest BCUT2D eigenvalue weighted by atomic mass is 35.5. The van der Waals surface area contributed by atoms with Gasteiger partial charge < -0.3 is 16.2 Å². The van der Waals surface area contributed by atoms with E-state index in [0.717, 1.165) is 18.6 Å². The van der Waals surface area contributed by atoms with E-state index in [1.165, 1.54) is 0 Å². The van der Waals surface area contributed by atoms with Crippen LogP contribution in [-0.4, -0.2) is 19.0 Å². The summed E-state index contributed by atoms with van der Waals surface area (Å²) in [6.45, 7) is 1.38. The Kier molecular flexibility index (Phi) is 7.33. The van der Waals surface area contributed by atoms with Gasteiger partial charge in [-0.1, -0.05) is 0 Å². The molecule has 0 aliphatic carbocycles. The summed E-state index contributed by atoms with van der Waals surface area (Å²) in [5, 5.41) is 7.22. The Hall–Kier alpha value is -1.26. The molecule has 1 aromatic rings. The topological polar surface area (TPSA) is 85.1 Å². The van der Waals surface area contributed by atoms with Gasteiger partial charge in [0.25, 0.3) is 0 Å². The number of unbranched alkanes of at least 4 members (excludes halogenated alkanes) is 1. The fourth-order valence-electron chi connectivity index (χ4n) is 1.17. The first-order valence-corrected chi connectivity index (χ1v) is 5.01. The number of ether oxygens (including phenoxy) is 1. The summed E-state index contributed by atoms with van der Waals surface area (Å²) in [5.41, 5.74) is 11.4. The SMILES string of the molecule is Cl.N=C(N)c1ccc(OCCCCN)cc1. The van der Waals surface area contributed by atoms with Crippen molar-refractivity contribution in [3.63, 3.8) is 0 Å². The zero-order chi connectivity index (χ0) is 11.1. The fourth-order valence-corrected chi connectivity index (χ4v) is 1.17. The van der Waals surface area contributed by atoms with Crippen molar-refractivity contribution in [2.45, 2.75) is 12.8 Å². The molecule has 0 heterocycles. The second kappa shape index (κ2) is 7.96. The number of benzene rings is 1. The monoisotopic (exact) mass is 243 g/mol. The van der Waals surface area contributed by atoms with Gasteiger partial charge >= 0.3 is 0 Å². The molecule has 5 N–H and O–H groups in total. The first kappa shape index (κ1) is 14.7. The minimum absolute atomic E-state index is 0. The van der Waals surface area contributed by atoms with Gasteiger partial charge in [-0.25, -0.2) is 0 Å². The van der Waals surface area contributed by atoms with Crippen molar-refractivity contribution in [2.75, 3.05) is 13.2 Å². The summed E-state index contributed by atoms with van der Waals surface area (Å²) < 4.78 is 5.48. The van der Waals surface area contributed by atoms with Crippen molar-refractivity contribution in [1.29, 1.82) is 5.41 Å². The molecule has 0 aromatic heterocycles. The summed E-state index contributed by atoms with van der Waals surface area (Å²) in [4.78, 5) is 0. The van der Waals surface area contributed by atoms with Gasteiger partial charge in [-0.15, -0.1) is 12.4 Å². The van der Waals surface area contributed by atoms with Crippen molar-refractivity contribution in [2.24, 2.45) is 11.5 Å². The molecule has 0 aliphatic rings. The van der Waals surface area contributed by atoms with Crippen molar-refractivity contribution in [3.8, 4) is 5.75 Å². The molecule has 0 spiro atoms. The standard InChI is InChI=1S/C11H17N3O.ClH/c12-7-1-2-8-15-10-5-3-9(4-6-10)11(13)14;/h3-6H,1-2,7-8,12H2,(H3,13,14);1H. The lowest BCUT2D eigenvalue weighted by molar-refractivity contribution is 0.308. The van der Waals surface area contributed by atoms with Crippen molar-refractivity contribution < 1.29 is 4.74 Å². The number of nitrogen functional groups attached to an aromatic ring is 1. The van der Waals surface area contributed by atoms with E-state index in [9.17, 15) is 0 Å². The van der Waals surface area contributed by atoms with Crippen molar-refractivity contribution >= 4 is 18.2 Å².